The molecule has 1 amide bonds. The highest BCUT2D eigenvalue weighted by atomic mass is 32.2. The van der Waals surface area contributed by atoms with Crippen LogP contribution in [-0.2, 0) is 4.79 Å². The van der Waals surface area contributed by atoms with E-state index in [1.807, 2.05) is 6.07 Å². The summed E-state index contributed by atoms with van der Waals surface area (Å²) in [6, 6.07) is 6.86. The molecule has 1 aliphatic rings. The van der Waals surface area contributed by atoms with Crippen molar-refractivity contribution in [3.8, 4) is 5.75 Å². The second-order valence-corrected chi connectivity index (χ2v) is 7.16. The fraction of sp³-hybridized carbons (Fsp3) is 0.412. The molecule has 0 radical (unpaired) electrons. The molecule has 1 fully saturated rings. The topological polar surface area (TPSA) is 45.0 Å². The molecule has 2 rings (SSSR count). The second-order valence-electron chi connectivity index (χ2n) is 5.49. The van der Waals surface area contributed by atoms with E-state index in [-0.39, 0.29) is 11.7 Å². The summed E-state index contributed by atoms with van der Waals surface area (Å²) in [5.41, 5.74) is 0.804. The first-order chi connectivity index (χ1) is 11.0. The van der Waals surface area contributed by atoms with E-state index in [1.54, 1.807) is 29.2 Å². The normalized spacial score (nSPS) is 16.8. The number of phenolic OH excluding ortho intramolecular Hbond substituents is 1. The maximum atomic E-state index is 12.5. The number of amides is 1. The number of phenols is 1. The van der Waals surface area contributed by atoms with Crippen LogP contribution in [0.25, 0.3) is 6.08 Å². The first-order valence-electron chi connectivity index (χ1n) is 7.93. The smallest absolute Gasteiger partial charge is 0.266 e. The van der Waals surface area contributed by atoms with Crippen LogP contribution in [-0.4, -0.2) is 46.4 Å². The lowest BCUT2D eigenvalue weighted by Crippen LogP contribution is -3.11. The number of hydrogen-bond donors (Lipinski definition) is 2. The third-order valence-electron chi connectivity index (χ3n) is 3.95. The molecule has 0 bridgehead atoms. The number of benzene rings is 1. The van der Waals surface area contributed by atoms with Crippen LogP contribution in [0.5, 0.6) is 5.75 Å². The fourth-order valence-electron chi connectivity index (χ4n) is 2.55. The standard InChI is InChI=1S/C17H22N2O2S2/c1-3-18(4-2)9-6-10-19-16(21)15(23-17(19)22)12-13-7-5-8-14(20)11-13/h5,7-8,11-12,20H,3-4,6,9-10H2,1-2H3/p+1/b15-12-. The van der Waals surface area contributed by atoms with Crippen LogP contribution in [0.1, 0.15) is 25.8 Å². The van der Waals surface area contributed by atoms with Crippen molar-refractivity contribution in [1.29, 1.82) is 0 Å². The number of quaternary nitrogens is 1. The molecular formula is C17H23N2O2S2+. The molecule has 2 N–H and O–H groups in total. The maximum Gasteiger partial charge on any atom is 0.266 e. The number of thioether (sulfide) groups is 1. The lowest BCUT2D eigenvalue weighted by Gasteiger charge is -2.18. The SMILES string of the molecule is CC[NH+](CC)CCCN1C(=O)/C(=C/c2cccc(O)c2)SC1=S. The van der Waals surface area contributed by atoms with Crippen molar-refractivity contribution in [1.82, 2.24) is 4.90 Å². The van der Waals surface area contributed by atoms with Crippen LogP contribution in [0.2, 0.25) is 0 Å². The third-order valence-corrected chi connectivity index (χ3v) is 5.33. The molecule has 124 valence electrons. The van der Waals surface area contributed by atoms with Crippen LogP contribution < -0.4 is 4.90 Å². The number of rotatable bonds is 7. The van der Waals surface area contributed by atoms with Crippen molar-refractivity contribution in [2.45, 2.75) is 20.3 Å². The Morgan fingerprint density at radius 1 is 1.35 bits per heavy atom. The largest absolute Gasteiger partial charge is 0.508 e. The Morgan fingerprint density at radius 2 is 2.09 bits per heavy atom. The van der Waals surface area contributed by atoms with E-state index in [0.717, 1.165) is 31.6 Å². The molecule has 1 saturated heterocycles. The second kappa shape index (κ2) is 8.47. The van der Waals surface area contributed by atoms with Gasteiger partial charge in [-0.05, 0) is 37.6 Å². The lowest BCUT2D eigenvalue weighted by atomic mass is 10.2. The number of aromatic hydroxyl groups is 1. The molecule has 0 unspecified atom stereocenters. The van der Waals surface area contributed by atoms with E-state index in [4.69, 9.17) is 12.2 Å². The minimum Gasteiger partial charge on any atom is -0.508 e. The molecule has 6 heteroatoms. The Labute approximate surface area is 147 Å². The summed E-state index contributed by atoms with van der Waals surface area (Å²) < 4.78 is 0.621. The van der Waals surface area contributed by atoms with Gasteiger partial charge in [0.2, 0.25) is 0 Å². The van der Waals surface area contributed by atoms with E-state index < -0.39 is 0 Å². The summed E-state index contributed by atoms with van der Waals surface area (Å²) in [4.78, 5) is 16.3. The van der Waals surface area contributed by atoms with Crippen LogP contribution in [0.4, 0.5) is 0 Å². The zero-order chi connectivity index (χ0) is 16.8. The highest BCUT2D eigenvalue weighted by Gasteiger charge is 2.31. The molecule has 1 aromatic rings. The molecular weight excluding hydrogens is 328 g/mol. The number of carbonyl (C=O) groups excluding carboxylic acids is 1. The van der Waals surface area contributed by atoms with E-state index in [0.29, 0.717) is 15.8 Å². The Kier molecular flexibility index (Phi) is 6.62. The zero-order valence-electron chi connectivity index (χ0n) is 13.5. The first-order valence-corrected chi connectivity index (χ1v) is 9.15. The molecule has 0 spiro atoms. The monoisotopic (exact) mass is 351 g/mol. The minimum absolute atomic E-state index is 0.0297. The Balaban J connectivity index is 1.99. The first kappa shape index (κ1) is 18.0. The highest BCUT2D eigenvalue weighted by Crippen LogP contribution is 2.32. The van der Waals surface area contributed by atoms with Crippen molar-refractivity contribution in [3.63, 3.8) is 0 Å². The van der Waals surface area contributed by atoms with Gasteiger partial charge in [-0.15, -0.1) is 0 Å². The van der Waals surface area contributed by atoms with E-state index in [2.05, 4.69) is 13.8 Å². The number of nitrogens with zero attached hydrogens (tertiary/aromatic N) is 1. The summed E-state index contributed by atoms with van der Waals surface area (Å²) in [7, 11) is 0. The lowest BCUT2D eigenvalue weighted by molar-refractivity contribution is -0.896. The Bertz CT molecular complexity index is 612. The quantitative estimate of drug-likeness (QED) is 0.582. The molecule has 0 aliphatic carbocycles. The summed E-state index contributed by atoms with van der Waals surface area (Å²) in [6.45, 7) is 8.28. The van der Waals surface area contributed by atoms with Crippen LogP contribution in [0.3, 0.4) is 0 Å². The molecule has 4 nitrogen and oxygen atoms in total. The molecule has 0 saturated carbocycles. The molecule has 0 atom stereocenters. The van der Waals surface area contributed by atoms with Gasteiger partial charge >= 0.3 is 0 Å². The van der Waals surface area contributed by atoms with E-state index in [9.17, 15) is 9.90 Å². The molecule has 1 heterocycles. The minimum atomic E-state index is -0.0297. The number of hydrogen-bond acceptors (Lipinski definition) is 4. The third kappa shape index (κ3) is 4.80. The van der Waals surface area contributed by atoms with Gasteiger partial charge in [-0.2, -0.15) is 0 Å². The van der Waals surface area contributed by atoms with Crippen molar-refractivity contribution in [2.75, 3.05) is 26.2 Å². The zero-order valence-corrected chi connectivity index (χ0v) is 15.2. The van der Waals surface area contributed by atoms with E-state index in [1.165, 1.54) is 16.7 Å². The van der Waals surface area contributed by atoms with Gasteiger partial charge in [-0.1, -0.05) is 36.1 Å². The van der Waals surface area contributed by atoms with Gasteiger partial charge in [0.15, 0.2) is 0 Å². The van der Waals surface area contributed by atoms with Gasteiger partial charge in [-0.3, -0.25) is 9.69 Å². The number of carbonyl (C=O) groups is 1. The fourth-order valence-corrected chi connectivity index (χ4v) is 3.86. The summed E-state index contributed by atoms with van der Waals surface area (Å²) in [5, 5.41) is 9.51. The number of thiocarbonyl (C=S) groups is 1. The van der Waals surface area contributed by atoms with Crippen LogP contribution in [0.15, 0.2) is 29.2 Å². The molecule has 1 aromatic carbocycles. The van der Waals surface area contributed by atoms with Crippen molar-refractivity contribution < 1.29 is 14.8 Å². The summed E-state index contributed by atoms with van der Waals surface area (Å²) >= 11 is 6.68. The van der Waals surface area contributed by atoms with Gasteiger partial charge in [0, 0.05) is 13.0 Å². The van der Waals surface area contributed by atoms with E-state index >= 15 is 0 Å². The average molecular weight is 352 g/mol. The maximum absolute atomic E-state index is 12.5. The van der Waals surface area contributed by atoms with Crippen molar-refractivity contribution in [3.05, 3.63) is 34.7 Å². The number of nitrogens with one attached hydrogen (secondary N) is 1. The average Bonchev–Trinajstić information content (AvgIpc) is 2.79. The Morgan fingerprint density at radius 3 is 2.74 bits per heavy atom. The van der Waals surface area contributed by atoms with Gasteiger partial charge in [0.1, 0.15) is 10.1 Å². The van der Waals surface area contributed by atoms with Gasteiger partial charge in [-0.25, -0.2) is 0 Å². The molecule has 23 heavy (non-hydrogen) atoms. The van der Waals surface area contributed by atoms with Crippen LogP contribution in [0, 0.1) is 0 Å². The summed E-state index contributed by atoms with van der Waals surface area (Å²) in [6.07, 6.45) is 2.73. The van der Waals surface area contributed by atoms with Crippen molar-refractivity contribution >= 4 is 40.3 Å². The highest BCUT2D eigenvalue weighted by molar-refractivity contribution is 8.26. The predicted octanol–water partition coefficient (Wildman–Crippen LogP) is 1.91. The predicted molar refractivity (Wildman–Crippen MR) is 99.5 cm³/mol. The van der Waals surface area contributed by atoms with Gasteiger partial charge in [0.25, 0.3) is 5.91 Å². The molecule has 1 aliphatic heterocycles. The van der Waals surface area contributed by atoms with Gasteiger partial charge < -0.3 is 10.0 Å². The van der Waals surface area contributed by atoms with Gasteiger partial charge in [0.05, 0.1) is 24.5 Å². The summed E-state index contributed by atoms with van der Waals surface area (Å²) in [5.74, 6) is 0.161. The molecule has 0 aromatic heterocycles. The Hall–Kier alpha value is -1.37. The van der Waals surface area contributed by atoms with Crippen molar-refractivity contribution in [2.24, 2.45) is 0 Å². The van der Waals surface area contributed by atoms with Crippen LogP contribution >= 0.6 is 24.0 Å².